The number of likely N-dealkylation sites (tertiary alicyclic amines) is 1. The maximum Gasteiger partial charge on any atom is 0.229 e. The molecule has 0 aliphatic carbocycles. The lowest BCUT2D eigenvalue weighted by Crippen LogP contribution is -2.50. The fraction of sp³-hybridized carbons (Fsp3) is 0.923. The molecule has 1 aliphatic heterocycles. The zero-order chi connectivity index (χ0) is 12.3. The molecule has 3 atom stereocenters. The summed E-state index contributed by atoms with van der Waals surface area (Å²) in [5.41, 5.74) is 5.38. The molecule has 0 aromatic carbocycles. The van der Waals surface area contributed by atoms with Gasteiger partial charge in [0.25, 0.3) is 0 Å². The molecule has 1 heterocycles. The van der Waals surface area contributed by atoms with Crippen molar-refractivity contribution in [3.63, 3.8) is 0 Å². The van der Waals surface area contributed by atoms with Crippen molar-refractivity contribution in [3.8, 4) is 0 Å². The second kappa shape index (κ2) is 5.17. The first-order valence-electron chi connectivity index (χ1n) is 6.44. The van der Waals surface area contributed by atoms with E-state index in [1.807, 2.05) is 18.7 Å². The van der Waals surface area contributed by atoms with Crippen LogP contribution in [0.15, 0.2) is 0 Å². The van der Waals surface area contributed by atoms with Crippen molar-refractivity contribution in [2.24, 2.45) is 23.0 Å². The summed E-state index contributed by atoms with van der Waals surface area (Å²) in [6, 6.07) is 0. The van der Waals surface area contributed by atoms with E-state index < -0.39 is 0 Å². The molecule has 1 aliphatic rings. The highest BCUT2D eigenvalue weighted by atomic mass is 16.2. The average Bonchev–Trinajstić information content (AvgIpc) is 2.30. The molecular weight excluding hydrogens is 200 g/mol. The van der Waals surface area contributed by atoms with Gasteiger partial charge in [0.05, 0.1) is 5.41 Å². The minimum absolute atomic E-state index is 0.247. The molecule has 3 heteroatoms. The van der Waals surface area contributed by atoms with E-state index in [0.717, 1.165) is 31.8 Å². The van der Waals surface area contributed by atoms with E-state index in [4.69, 9.17) is 5.73 Å². The first-order chi connectivity index (χ1) is 7.44. The van der Waals surface area contributed by atoms with E-state index in [2.05, 4.69) is 13.8 Å². The standard InChI is InChI=1S/C13H26N2O/c1-5-13(4,9-14)12(16)15-7-6-10(2)11(3)8-15/h10-11H,5-9,14H2,1-4H3. The number of nitrogens with two attached hydrogens (primary N) is 1. The van der Waals surface area contributed by atoms with Crippen LogP contribution in [0.25, 0.3) is 0 Å². The van der Waals surface area contributed by atoms with Crippen LogP contribution in [0.1, 0.15) is 40.5 Å². The zero-order valence-corrected chi connectivity index (χ0v) is 11.1. The summed E-state index contributed by atoms with van der Waals surface area (Å²) in [7, 11) is 0. The Bertz CT molecular complexity index is 248. The molecule has 0 aromatic heterocycles. The quantitative estimate of drug-likeness (QED) is 0.798. The third kappa shape index (κ3) is 2.57. The van der Waals surface area contributed by atoms with E-state index in [0.29, 0.717) is 12.5 Å². The molecule has 1 rings (SSSR count). The molecule has 0 spiro atoms. The van der Waals surface area contributed by atoms with Crippen molar-refractivity contribution in [3.05, 3.63) is 0 Å². The molecule has 0 radical (unpaired) electrons. The summed E-state index contributed by atoms with van der Waals surface area (Å²) in [5.74, 6) is 1.59. The highest BCUT2D eigenvalue weighted by Gasteiger charge is 2.36. The Balaban J connectivity index is 2.68. The lowest BCUT2D eigenvalue weighted by molar-refractivity contribution is -0.143. The lowest BCUT2D eigenvalue weighted by Gasteiger charge is -2.40. The summed E-state index contributed by atoms with van der Waals surface area (Å²) in [6.45, 7) is 10.8. The Morgan fingerprint density at radius 1 is 1.44 bits per heavy atom. The highest BCUT2D eigenvalue weighted by molar-refractivity contribution is 5.82. The van der Waals surface area contributed by atoms with Gasteiger partial charge in [-0.15, -0.1) is 0 Å². The molecule has 0 bridgehead atoms. The molecule has 3 unspecified atom stereocenters. The number of carbonyl (C=O) groups is 1. The smallest absolute Gasteiger partial charge is 0.229 e. The van der Waals surface area contributed by atoms with Crippen LogP contribution in [0.2, 0.25) is 0 Å². The van der Waals surface area contributed by atoms with Gasteiger partial charge in [-0.1, -0.05) is 20.8 Å². The van der Waals surface area contributed by atoms with Crippen LogP contribution in [0.5, 0.6) is 0 Å². The van der Waals surface area contributed by atoms with Crippen LogP contribution in [-0.2, 0) is 4.79 Å². The molecule has 0 saturated carbocycles. The van der Waals surface area contributed by atoms with Crippen LogP contribution < -0.4 is 5.73 Å². The fourth-order valence-corrected chi connectivity index (χ4v) is 2.21. The largest absolute Gasteiger partial charge is 0.342 e. The normalized spacial score (nSPS) is 29.9. The van der Waals surface area contributed by atoms with Crippen LogP contribution in [0.4, 0.5) is 0 Å². The second-order valence-electron chi connectivity index (χ2n) is 5.61. The monoisotopic (exact) mass is 226 g/mol. The Hall–Kier alpha value is -0.570. The molecule has 0 aromatic rings. The molecule has 94 valence electrons. The zero-order valence-electron chi connectivity index (χ0n) is 11.1. The minimum atomic E-state index is -0.361. The van der Waals surface area contributed by atoms with Gasteiger partial charge >= 0.3 is 0 Å². The third-order valence-electron chi connectivity index (χ3n) is 4.37. The number of hydrogen-bond donors (Lipinski definition) is 1. The Morgan fingerprint density at radius 2 is 2.06 bits per heavy atom. The van der Waals surface area contributed by atoms with E-state index >= 15 is 0 Å². The topological polar surface area (TPSA) is 46.3 Å². The van der Waals surface area contributed by atoms with Crippen molar-refractivity contribution in [2.45, 2.75) is 40.5 Å². The first kappa shape index (κ1) is 13.5. The molecule has 16 heavy (non-hydrogen) atoms. The number of rotatable bonds is 3. The first-order valence-corrected chi connectivity index (χ1v) is 6.44. The van der Waals surface area contributed by atoms with E-state index in [9.17, 15) is 4.79 Å². The number of nitrogens with zero attached hydrogens (tertiary/aromatic N) is 1. The maximum absolute atomic E-state index is 12.4. The summed E-state index contributed by atoms with van der Waals surface area (Å²) in [5, 5.41) is 0. The summed E-state index contributed by atoms with van der Waals surface area (Å²) < 4.78 is 0. The predicted octanol–water partition coefficient (Wildman–Crippen LogP) is 1.87. The van der Waals surface area contributed by atoms with Gasteiger partial charge in [-0.2, -0.15) is 0 Å². The van der Waals surface area contributed by atoms with Gasteiger partial charge in [-0.3, -0.25) is 4.79 Å². The van der Waals surface area contributed by atoms with Gasteiger partial charge in [0, 0.05) is 19.6 Å². The molecule has 1 saturated heterocycles. The van der Waals surface area contributed by atoms with Crippen molar-refractivity contribution in [1.82, 2.24) is 4.90 Å². The summed E-state index contributed by atoms with van der Waals surface area (Å²) in [4.78, 5) is 14.4. The Labute approximate surface area is 99.4 Å². The molecule has 1 fully saturated rings. The Morgan fingerprint density at radius 3 is 2.50 bits per heavy atom. The van der Waals surface area contributed by atoms with Crippen molar-refractivity contribution in [1.29, 1.82) is 0 Å². The number of piperidine rings is 1. The van der Waals surface area contributed by atoms with Gasteiger partial charge < -0.3 is 10.6 Å². The minimum Gasteiger partial charge on any atom is -0.342 e. The van der Waals surface area contributed by atoms with Crippen molar-refractivity contribution in [2.75, 3.05) is 19.6 Å². The van der Waals surface area contributed by atoms with E-state index in [1.165, 1.54) is 0 Å². The molecule has 1 amide bonds. The summed E-state index contributed by atoms with van der Waals surface area (Å²) >= 11 is 0. The van der Waals surface area contributed by atoms with Gasteiger partial charge in [0.15, 0.2) is 0 Å². The average molecular weight is 226 g/mol. The SMILES string of the molecule is CCC(C)(CN)C(=O)N1CCC(C)C(C)C1. The van der Waals surface area contributed by atoms with Gasteiger partial charge in [-0.25, -0.2) is 0 Å². The van der Waals surface area contributed by atoms with E-state index in [1.54, 1.807) is 0 Å². The van der Waals surface area contributed by atoms with Gasteiger partial charge in [0.1, 0.15) is 0 Å². The van der Waals surface area contributed by atoms with Crippen LogP contribution in [0, 0.1) is 17.3 Å². The van der Waals surface area contributed by atoms with Crippen LogP contribution >= 0.6 is 0 Å². The van der Waals surface area contributed by atoms with Crippen LogP contribution in [0.3, 0.4) is 0 Å². The summed E-state index contributed by atoms with van der Waals surface area (Å²) in [6.07, 6.45) is 1.94. The van der Waals surface area contributed by atoms with Gasteiger partial charge in [-0.05, 0) is 31.6 Å². The van der Waals surface area contributed by atoms with Crippen LogP contribution in [-0.4, -0.2) is 30.4 Å². The van der Waals surface area contributed by atoms with E-state index in [-0.39, 0.29) is 11.3 Å². The Kier molecular flexibility index (Phi) is 4.36. The highest BCUT2D eigenvalue weighted by Crippen LogP contribution is 2.28. The number of hydrogen-bond acceptors (Lipinski definition) is 2. The van der Waals surface area contributed by atoms with Crippen molar-refractivity contribution < 1.29 is 4.79 Å². The fourth-order valence-electron chi connectivity index (χ4n) is 2.21. The molecule has 2 N–H and O–H groups in total. The maximum atomic E-state index is 12.4. The molecular formula is C13H26N2O. The third-order valence-corrected chi connectivity index (χ3v) is 4.37. The van der Waals surface area contributed by atoms with Gasteiger partial charge in [0.2, 0.25) is 5.91 Å². The van der Waals surface area contributed by atoms with Crippen molar-refractivity contribution >= 4 is 5.91 Å². The predicted molar refractivity (Wildman–Crippen MR) is 67.0 cm³/mol. The number of amides is 1. The lowest BCUT2D eigenvalue weighted by atomic mass is 9.83. The molecule has 3 nitrogen and oxygen atoms in total. The second-order valence-corrected chi connectivity index (χ2v) is 5.61. The number of carbonyl (C=O) groups excluding carboxylic acids is 1.